The summed E-state index contributed by atoms with van der Waals surface area (Å²) in [6, 6.07) is 0. The second kappa shape index (κ2) is 6.06. The Balaban J connectivity index is 2.35. The summed E-state index contributed by atoms with van der Waals surface area (Å²) in [5.41, 5.74) is 6.82. The van der Waals surface area contributed by atoms with Crippen LogP contribution in [0.1, 0.15) is 31.7 Å². The molecule has 2 heterocycles. The third-order valence-electron chi connectivity index (χ3n) is 4.44. The average molecular weight is 314 g/mol. The van der Waals surface area contributed by atoms with E-state index in [0.29, 0.717) is 54.3 Å². The Morgan fingerprint density at radius 1 is 1.24 bits per heavy atom. The summed E-state index contributed by atoms with van der Waals surface area (Å²) in [5, 5.41) is 4.38. The molecule has 0 aromatic carbocycles. The molecule has 1 aromatic heterocycles. The van der Waals surface area contributed by atoms with Gasteiger partial charge in [-0.1, -0.05) is 13.8 Å². The SMILES string of the molecule is Cc1nn(CCCN)c(C)c1S(=O)(=O)N1CC(C)C(C)C1. The fourth-order valence-electron chi connectivity index (χ4n) is 2.91. The minimum atomic E-state index is -3.45. The molecule has 120 valence electrons. The summed E-state index contributed by atoms with van der Waals surface area (Å²) in [7, 11) is -3.45. The molecule has 1 saturated heterocycles. The van der Waals surface area contributed by atoms with E-state index in [1.54, 1.807) is 15.9 Å². The molecule has 21 heavy (non-hydrogen) atoms. The number of nitrogens with two attached hydrogens (primary N) is 1. The zero-order valence-corrected chi connectivity index (χ0v) is 14.2. The largest absolute Gasteiger partial charge is 0.330 e. The first-order valence-electron chi connectivity index (χ1n) is 7.53. The molecule has 6 nitrogen and oxygen atoms in total. The topological polar surface area (TPSA) is 81.2 Å². The molecule has 0 bridgehead atoms. The quantitative estimate of drug-likeness (QED) is 0.883. The van der Waals surface area contributed by atoms with Crippen LogP contribution in [-0.2, 0) is 16.6 Å². The summed E-state index contributed by atoms with van der Waals surface area (Å²) in [5.74, 6) is 0.792. The fourth-order valence-corrected chi connectivity index (χ4v) is 4.93. The molecule has 2 atom stereocenters. The first-order chi connectivity index (χ1) is 9.78. The molecule has 2 rings (SSSR count). The van der Waals surface area contributed by atoms with Gasteiger partial charge >= 0.3 is 0 Å². The first-order valence-corrected chi connectivity index (χ1v) is 8.97. The lowest BCUT2D eigenvalue weighted by molar-refractivity contribution is 0.462. The van der Waals surface area contributed by atoms with Gasteiger partial charge in [0.15, 0.2) is 0 Å². The number of aryl methyl sites for hydroxylation is 2. The molecule has 1 aromatic rings. The van der Waals surface area contributed by atoms with Crippen LogP contribution in [0.3, 0.4) is 0 Å². The Hall–Kier alpha value is -0.920. The molecule has 7 heteroatoms. The molecule has 2 N–H and O–H groups in total. The minimum absolute atomic E-state index is 0.376. The maximum Gasteiger partial charge on any atom is 0.246 e. The molecular formula is C14H26N4O2S. The third kappa shape index (κ3) is 3.00. The number of sulfonamides is 1. The Labute approximate surface area is 127 Å². The van der Waals surface area contributed by atoms with Crippen molar-refractivity contribution in [2.24, 2.45) is 17.6 Å². The van der Waals surface area contributed by atoms with Gasteiger partial charge in [0, 0.05) is 19.6 Å². The molecule has 2 unspecified atom stereocenters. The maximum atomic E-state index is 12.9. The van der Waals surface area contributed by atoms with Crippen LogP contribution in [0.2, 0.25) is 0 Å². The standard InChI is InChI=1S/C14H26N4O2S/c1-10-8-17(9-11(10)2)21(19,20)14-12(3)16-18(13(14)4)7-5-6-15/h10-11H,5-9,15H2,1-4H3. The van der Waals surface area contributed by atoms with E-state index >= 15 is 0 Å². The van der Waals surface area contributed by atoms with Gasteiger partial charge in [0.05, 0.1) is 11.4 Å². The zero-order valence-electron chi connectivity index (χ0n) is 13.3. The molecule has 0 aliphatic carbocycles. The summed E-state index contributed by atoms with van der Waals surface area (Å²) >= 11 is 0. The van der Waals surface area contributed by atoms with E-state index in [0.717, 1.165) is 6.42 Å². The normalized spacial score (nSPS) is 23.9. The number of hydrogen-bond donors (Lipinski definition) is 1. The van der Waals surface area contributed by atoms with E-state index in [1.165, 1.54) is 0 Å². The van der Waals surface area contributed by atoms with Crippen LogP contribution in [0, 0.1) is 25.7 Å². The Morgan fingerprint density at radius 2 is 1.81 bits per heavy atom. The summed E-state index contributed by atoms with van der Waals surface area (Å²) in [6.45, 7) is 10.2. The number of rotatable bonds is 5. The van der Waals surface area contributed by atoms with Crippen molar-refractivity contribution >= 4 is 10.0 Å². The molecular weight excluding hydrogens is 288 g/mol. The molecule has 0 radical (unpaired) electrons. The average Bonchev–Trinajstić information content (AvgIpc) is 2.88. The van der Waals surface area contributed by atoms with E-state index in [1.807, 2.05) is 6.92 Å². The lowest BCUT2D eigenvalue weighted by Crippen LogP contribution is -2.30. The molecule has 1 aliphatic rings. The molecule has 1 fully saturated rings. The van der Waals surface area contributed by atoms with Crippen LogP contribution >= 0.6 is 0 Å². The highest BCUT2D eigenvalue weighted by Gasteiger charge is 2.37. The second-order valence-corrected chi connectivity index (χ2v) is 8.02. The van der Waals surface area contributed by atoms with Gasteiger partial charge in [-0.05, 0) is 38.6 Å². The van der Waals surface area contributed by atoms with Crippen molar-refractivity contribution < 1.29 is 8.42 Å². The molecule has 0 spiro atoms. The van der Waals surface area contributed by atoms with Gasteiger partial charge in [-0.2, -0.15) is 9.40 Å². The van der Waals surface area contributed by atoms with Crippen LogP contribution in [-0.4, -0.2) is 42.1 Å². The van der Waals surface area contributed by atoms with Crippen molar-refractivity contribution in [1.29, 1.82) is 0 Å². The second-order valence-electron chi connectivity index (χ2n) is 6.14. The van der Waals surface area contributed by atoms with Crippen LogP contribution in [0.4, 0.5) is 0 Å². The van der Waals surface area contributed by atoms with Crippen molar-refractivity contribution in [2.75, 3.05) is 19.6 Å². The van der Waals surface area contributed by atoms with E-state index < -0.39 is 10.0 Å². The van der Waals surface area contributed by atoms with Crippen LogP contribution in [0.25, 0.3) is 0 Å². The number of nitrogens with zero attached hydrogens (tertiary/aromatic N) is 3. The monoisotopic (exact) mass is 314 g/mol. The van der Waals surface area contributed by atoms with Gasteiger partial charge in [-0.3, -0.25) is 4.68 Å². The Bertz CT molecular complexity index is 599. The first kappa shape index (κ1) is 16.5. The highest BCUT2D eigenvalue weighted by Crippen LogP contribution is 2.30. The molecule has 0 amide bonds. The van der Waals surface area contributed by atoms with Crippen molar-refractivity contribution in [3.05, 3.63) is 11.4 Å². The smallest absolute Gasteiger partial charge is 0.246 e. The van der Waals surface area contributed by atoms with E-state index in [2.05, 4.69) is 18.9 Å². The third-order valence-corrected chi connectivity index (χ3v) is 6.53. The summed E-state index contributed by atoms with van der Waals surface area (Å²) < 4.78 is 29.2. The lowest BCUT2D eigenvalue weighted by atomic mass is 10.0. The summed E-state index contributed by atoms with van der Waals surface area (Å²) in [6.07, 6.45) is 0.791. The van der Waals surface area contributed by atoms with Crippen LogP contribution < -0.4 is 5.73 Å². The van der Waals surface area contributed by atoms with Gasteiger partial charge in [-0.15, -0.1) is 0 Å². The summed E-state index contributed by atoms with van der Waals surface area (Å²) in [4.78, 5) is 0.376. The predicted octanol–water partition coefficient (Wildman–Crippen LogP) is 1.13. The van der Waals surface area contributed by atoms with Crippen LogP contribution in [0.15, 0.2) is 4.90 Å². The van der Waals surface area contributed by atoms with E-state index in [-0.39, 0.29) is 0 Å². The van der Waals surface area contributed by atoms with Gasteiger partial charge in [0.1, 0.15) is 4.90 Å². The van der Waals surface area contributed by atoms with E-state index in [4.69, 9.17) is 5.73 Å². The number of hydrogen-bond acceptors (Lipinski definition) is 4. The lowest BCUT2D eigenvalue weighted by Gasteiger charge is -2.16. The van der Waals surface area contributed by atoms with Gasteiger partial charge in [-0.25, -0.2) is 8.42 Å². The van der Waals surface area contributed by atoms with Crippen molar-refractivity contribution in [3.8, 4) is 0 Å². The van der Waals surface area contributed by atoms with Crippen molar-refractivity contribution in [3.63, 3.8) is 0 Å². The highest BCUT2D eigenvalue weighted by molar-refractivity contribution is 7.89. The Morgan fingerprint density at radius 3 is 2.33 bits per heavy atom. The predicted molar refractivity (Wildman–Crippen MR) is 82.5 cm³/mol. The zero-order chi connectivity index (χ0) is 15.8. The van der Waals surface area contributed by atoms with Crippen molar-refractivity contribution in [1.82, 2.24) is 14.1 Å². The number of aromatic nitrogens is 2. The Kier molecular flexibility index (Phi) is 4.75. The molecule has 0 saturated carbocycles. The van der Waals surface area contributed by atoms with Crippen molar-refractivity contribution in [2.45, 2.75) is 45.6 Å². The van der Waals surface area contributed by atoms with Gasteiger partial charge in [0.25, 0.3) is 0 Å². The van der Waals surface area contributed by atoms with E-state index in [9.17, 15) is 8.42 Å². The van der Waals surface area contributed by atoms with Crippen LogP contribution in [0.5, 0.6) is 0 Å². The maximum absolute atomic E-state index is 12.9. The van der Waals surface area contributed by atoms with Gasteiger partial charge in [0.2, 0.25) is 10.0 Å². The van der Waals surface area contributed by atoms with Gasteiger partial charge < -0.3 is 5.73 Å². The minimum Gasteiger partial charge on any atom is -0.330 e. The highest BCUT2D eigenvalue weighted by atomic mass is 32.2. The fraction of sp³-hybridized carbons (Fsp3) is 0.786. The molecule has 1 aliphatic heterocycles.